The highest BCUT2D eigenvalue weighted by Crippen LogP contribution is 2.34. The van der Waals surface area contributed by atoms with E-state index in [2.05, 4.69) is 24.0 Å². The highest BCUT2D eigenvalue weighted by Gasteiger charge is 2.20. The van der Waals surface area contributed by atoms with Gasteiger partial charge in [0.15, 0.2) is 0 Å². The smallest absolute Gasteiger partial charge is 0.0455 e. The minimum Gasteiger partial charge on any atom is -0.309 e. The van der Waals surface area contributed by atoms with Crippen LogP contribution in [0.4, 0.5) is 0 Å². The average Bonchev–Trinajstić information content (AvgIpc) is 2.95. The third-order valence-electron chi connectivity index (χ3n) is 3.77. The standard InChI is InChI=1S/C16H23Cl2NS/c1-2-9-19-16(11-20-13-5-3-4-6-13)14-10-12(17)7-8-15(14)18/h7-8,10,13,16,19H,2-6,9,11H2,1H3. The fourth-order valence-electron chi connectivity index (χ4n) is 2.65. The summed E-state index contributed by atoms with van der Waals surface area (Å²) >= 11 is 14.6. The van der Waals surface area contributed by atoms with Gasteiger partial charge in [0, 0.05) is 27.1 Å². The van der Waals surface area contributed by atoms with Gasteiger partial charge in [0.2, 0.25) is 0 Å². The number of thioether (sulfide) groups is 1. The van der Waals surface area contributed by atoms with Crippen LogP contribution < -0.4 is 5.32 Å². The van der Waals surface area contributed by atoms with Crippen molar-refractivity contribution < 1.29 is 0 Å². The van der Waals surface area contributed by atoms with Gasteiger partial charge in [-0.05, 0) is 49.6 Å². The molecule has 112 valence electrons. The Labute approximate surface area is 136 Å². The zero-order valence-electron chi connectivity index (χ0n) is 12.0. The molecule has 1 atom stereocenters. The highest BCUT2D eigenvalue weighted by atomic mass is 35.5. The van der Waals surface area contributed by atoms with Gasteiger partial charge >= 0.3 is 0 Å². The van der Waals surface area contributed by atoms with Crippen LogP contribution in [0.2, 0.25) is 10.0 Å². The fraction of sp³-hybridized carbons (Fsp3) is 0.625. The summed E-state index contributed by atoms with van der Waals surface area (Å²) in [5.41, 5.74) is 1.14. The van der Waals surface area contributed by atoms with E-state index in [0.29, 0.717) is 6.04 Å². The summed E-state index contributed by atoms with van der Waals surface area (Å²) in [6, 6.07) is 6.06. The molecular formula is C16H23Cl2NS. The molecule has 4 heteroatoms. The van der Waals surface area contributed by atoms with Crippen molar-refractivity contribution in [3.05, 3.63) is 33.8 Å². The van der Waals surface area contributed by atoms with Crippen LogP contribution in [-0.2, 0) is 0 Å². The van der Waals surface area contributed by atoms with Crippen molar-refractivity contribution in [2.75, 3.05) is 12.3 Å². The lowest BCUT2D eigenvalue weighted by Gasteiger charge is -2.22. The SMILES string of the molecule is CCCNC(CSC1CCCC1)c1cc(Cl)ccc1Cl. The molecular weight excluding hydrogens is 309 g/mol. The zero-order valence-corrected chi connectivity index (χ0v) is 14.3. The van der Waals surface area contributed by atoms with Crippen molar-refractivity contribution in [1.29, 1.82) is 0 Å². The van der Waals surface area contributed by atoms with Gasteiger partial charge in [-0.25, -0.2) is 0 Å². The lowest BCUT2D eigenvalue weighted by Crippen LogP contribution is -2.25. The number of nitrogens with one attached hydrogen (secondary N) is 1. The molecule has 1 nitrogen and oxygen atoms in total. The molecule has 0 spiro atoms. The van der Waals surface area contributed by atoms with E-state index in [0.717, 1.165) is 39.6 Å². The van der Waals surface area contributed by atoms with Crippen LogP contribution in [0.15, 0.2) is 18.2 Å². The summed E-state index contributed by atoms with van der Waals surface area (Å²) in [5.74, 6) is 1.07. The van der Waals surface area contributed by atoms with Gasteiger partial charge in [-0.2, -0.15) is 11.8 Å². The maximum atomic E-state index is 6.36. The molecule has 0 aromatic heterocycles. The van der Waals surface area contributed by atoms with Crippen molar-refractivity contribution in [2.45, 2.75) is 50.3 Å². The molecule has 1 unspecified atom stereocenters. The van der Waals surface area contributed by atoms with E-state index in [9.17, 15) is 0 Å². The lowest BCUT2D eigenvalue weighted by molar-refractivity contribution is 0.577. The first kappa shape index (κ1) is 16.5. The van der Waals surface area contributed by atoms with Crippen LogP contribution in [-0.4, -0.2) is 17.5 Å². The minimum atomic E-state index is 0.298. The molecule has 0 radical (unpaired) electrons. The van der Waals surface area contributed by atoms with Crippen LogP contribution in [0, 0.1) is 0 Å². The number of benzene rings is 1. The van der Waals surface area contributed by atoms with E-state index in [1.54, 1.807) is 0 Å². The predicted molar refractivity (Wildman–Crippen MR) is 92.2 cm³/mol. The number of halogens is 2. The van der Waals surface area contributed by atoms with Crippen molar-refractivity contribution in [2.24, 2.45) is 0 Å². The van der Waals surface area contributed by atoms with Gasteiger partial charge in [-0.1, -0.05) is 43.0 Å². The van der Waals surface area contributed by atoms with Gasteiger partial charge < -0.3 is 5.32 Å². The van der Waals surface area contributed by atoms with Crippen LogP contribution >= 0.6 is 35.0 Å². The Bertz CT molecular complexity index is 419. The van der Waals surface area contributed by atoms with E-state index >= 15 is 0 Å². The molecule has 1 aromatic rings. The zero-order chi connectivity index (χ0) is 14.4. The molecule has 2 rings (SSSR count). The van der Waals surface area contributed by atoms with Crippen LogP contribution in [0.25, 0.3) is 0 Å². The molecule has 1 fully saturated rings. The van der Waals surface area contributed by atoms with Crippen molar-refractivity contribution in [1.82, 2.24) is 5.32 Å². The Morgan fingerprint density at radius 3 is 2.75 bits per heavy atom. The second-order valence-corrected chi connectivity index (χ2v) is 7.59. The van der Waals surface area contributed by atoms with Crippen molar-refractivity contribution in [3.63, 3.8) is 0 Å². The van der Waals surface area contributed by atoms with Crippen molar-refractivity contribution >= 4 is 35.0 Å². The minimum absolute atomic E-state index is 0.298. The third kappa shape index (κ3) is 4.84. The summed E-state index contributed by atoms with van der Waals surface area (Å²) in [4.78, 5) is 0. The van der Waals surface area contributed by atoms with Crippen LogP contribution in [0.1, 0.15) is 50.6 Å². The largest absolute Gasteiger partial charge is 0.309 e. The van der Waals surface area contributed by atoms with E-state index in [1.165, 1.54) is 25.7 Å². The summed E-state index contributed by atoms with van der Waals surface area (Å²) in [7, 11) is 0. The highest BCUT2D eigenvalue weighted by molar-refractivity contribution is 7.99. The molecule has 1 aliphatic carbocycles. The maximum absolute atomic E-state index is 6.36. The van der Waals surface area contributed by atoms with Gasteiger partial charge in [-0.3, -0.25) is 0 Å². The van der Waals surface area contributed by atoms with Gasteiger partial charge in [-0.15, -0.1) is 0 Å². The molecule has 0 heterocycles. The Morgan fingerprint density at radius 2 is 2.05 bits per heavy atom. The monoisotopic (exact) mass is 331 g/mol. The van der Waals surface area contributed by atoms with E-state index in [4.69, 9.17) is 23.2 Å². The Kier molecular flexibility index (Phi) is 7.03. The molecule has 0 saturated heterocycles. The second-order valence-electron chi connectivity index (χ2n) is 5.41. The summed E-state index contributed by atoms with van der Waals surface area (Å²) in [5, 5.41) is 6.02. The summed E-state index contributed by atoms with van der Waals surface area (Å²) in [6.07, 6.45) is 6.65. The van der Waals surface area contributed by atoms with E-state index < -0.39 is 0 Å². The Balaban J connectivity index is 2.02. The molecule has 1 saturated carbocycles. The van der Waals surface area contributed by atoms with Crippen LogP contribution in [0.3, 0.4) is 0 Å². The molecule has 1 N–H and O–H groups in total. The number of rotatable bonds is 7. The Hall–Kier alpha value is 0.110. The predicted octanol–water partition coefficient (Wildman–Crippen LogP) is 5.71. The van der Waals surface area contributed by atoms with Gasteiger partial charge in [0.1, 0.15) is 0 Å². The molecule has 1 aliphatic rings. The molecule has 0 bridgehead atoms. The number of hydrogen-bond acceptors (Lipinski definition) is 2. The third-order valence-corrected chi connectivity index (χ3v) is 5.82. The van der Waals surface area contributed by atoms with E-state index in [-0.39, 0.29) is 0 Å². The van der Waals surface area contributed by atoms with Crippen molar-refractivity contribution in [3.8, 4) is 0 Å². The number of hydrogen-bond donors (Lipinski definition) is 1. The first-order chi connectivity index (χ1) is 9.70. The fourth-order valence-corrected chi connectivity index (χ4v) is 4.50. The normalized spacial score (nSPS) is 17.6. The van der Waals surface area contributed by atoms with Gasteiger partial charge in [0.25, 0.3) is 0 Å². The molecule has 20 heavy (non-hydrogen) atoms. The molecule has 1 aromatic carbocycles. The molecule has 0 aliphatic heterocycles. The topological polar surface area (TPSA) is 12.0 Å². The first-order valence-electron chi connectivity index (χ1n) is 7.50. The Morgan fingerprint density at radius 1 is 1.30 bits per heavy atom. The van der Waals surface area contributed by atoms with Gasteiger partial charge in [0.05, 0.1) is 0 Å². The quantitative estimate of drug-likeness (QED) is 0.686. The summed E-state index contributed by atoms with van der Waals surface area (Å²) < 4.78 is 0. The average molecular weight is 332 g/mol. The first-order valence-corrected chi connectivity index (χ1v) is 9.31. The van der Waals surface area contributed by atoms with Crippen LogP contribution in [0.5, 0.6) is 0 Å². The molecule has 0 amide bonds. The maximum Gasteiger partial charge on any atom is 0.0455 e. The summed E-state index contributed by atoms with van der Waals surface area (Å²) in [6.45, 7) is 3.20. The van der Waals surface area contributed by atoms with E-state index in [1.807, 2.05) is 18.2 Å². The second kappa shape index (κ2) is 8.53. The lowest BCUT2D eigenvalue weighted by atomic mass is 10.1.